The molecule has 2 aliphatic heterocycles. The number of cyclic esters (lactones) is 3. The number of methoxy groups -OCH3 is 1. The van der Waals surface area contributed by atoms with Gasteiger partial charge in [-0.15, -0.1) is 0 Å². The molecule has 294 valence electrons. The van der Waals surface area contributed by atoms with Crippen molar-refractivity contribution in [1.29, 1.82) is 0 Å². The Hall–Kier alpha value is -4.18. The van der Waals surface area contributed by atoms with Gasteiger partial charge >= 0.3 is 29.8 Å². The highest BCUT2D eigenvalue weighted by atomic mass is 17.1. The number of hydrogen-bond acceptors (Lipinski definition) is 15. The van der Waals surface area contributed by atoms with Crippen LogP contribution in [0.5, 0.6) is 0 Å². The molecule has 0 aromatic heterocycles. The number of carbonyl (C=O) groups is 6. The minimum atomic E-state index is -1.79. The Morgan fingerprint density at radius 3 is 2.31 bits per heavy atom. The van der Waals surface area contributed by atoms with Crippen molar-refractivity contribution in [2.24, 2.45) is 46.3 Å². The third-order valence-electron chi connectivity index (χ3n) is 15.4. The van der Waals surface area contributed by atoms with E-state index in [0.717, 1.165) is 7.11 Å². The molecular formula is C40H44O15. The van der Waals surface area contributed by atoms with E-state index in [9.17, 15) is 44.2 Å². The standard InChI is InChI=1S/C40H44O15/c1-16-8-9-51-26(41)6-7-27(42)52-14-18-19-12-24-36(3,20-10-22(20)38(24,48)15-53-33(16)45)25-13-39(55-49)23-11-21(23)37(4)31(39)29(40(19,25)54-35(18)47)28(30(43)32(37)44)17(2)34(46)50-5/h8,20-25,32,44,48-49H,6-7,9-15H2,1-5H3/b16-8+,28-17-/t20-,21-,22+,23+,24-,25+,32+,36+,37+,38+,39+,40+/m1/s1. The first-order valence-electron chi connectivity index (χ1n) is 18.9. The number of esters is 5. The van der Waals surface area contributed by atoms with Gasteiger partial charge in [0.25, 0.3) is 0 Å². The molecule has 1 spiro atoms. The number of rotatable bonds is 2. The molecule has 0 radical (unpaired) electrons. The van der Waals surface area contributed by atoms with E-state index in [2.05, 4.69) is 0 Å². The normalized spacial score (nSPS) is 47.4. The molecule has 3 N–H and O–H groups in total. The summed E-state index contributed by atoms with van der Waals surface area (Å²) in [6, 6.07) is 0. The van der Waals surface area contributed by atoms with Crippen LogP contribution < -0.4 is 0 Å². The Morgan fingerprint density at radius 2 is 1.62 bits per heavy atom. The zero-order valence-corrected chi connectivity index (χ0v) is 31.2. The molecular weight excluding hydrogens is 720 g/mol. The van der Waals surface area contributed by atoms with Crippen LogP contribution in [0.1, 0.15) is 66.2 Å². The van der Waals surface area contributed by atoms with E-state index in [4.69, 9.17) is 28.6 Å². The molecule has 12 atom stereocenters. The average Bonchev–Trinajstić information content (AvgIpc) is 4.08. The monoisotopic (exact) mass is 764 g/mol. The highest BCUT2D eigenvalue weighted by Crippen LogP contribution is 2.84. The van der Waals surface area contributed by atoms with Crippen molar-refractivity contribution >= 4 is 35.6 Å². The van der Waals surface area contributed by atoms with E-state index in [1.165, 1.54) is 19.9 Å². The fraction of sp³-hybridized carbons (Fsp3) is 0.650. The SMILES string of the molecule is COC(=O)/C(C)=C1\C(=O)[C@H](O)[C@]2(C)C3=C1[C@]14OC(=O)C5=C1C[C@H]1[C@](O)(COC(=O)/C(C)=C/COC(=O)CCC(=O)OC5)[C@H]5C[C@H]5[C@]1(C)[C@@H]4C[C@]3(OO)[C@H]1C[C@H]12. The molecule has 0 aromatic carbocycles. The molecule has 15 heteroatoms. The maximum absolute atomic E-state index is 14.7. The number of aliphatic hydroxyl groups excluding tert-OH is 1. The summed E-state index contributed by atoms with van der Waals surface area (Å²) < 4.78 is 28.3. The van der Waals surface area contributed by atoms with Gasteiger partial charge in [0.2, 0.25) is 0 Å². The number of carbonyl (C=O) groups excluding carboxylic acids is 6. The lowest BCUT2D eigenvalue weighted by Gasteiger charge is -2.63. The van der Waals surface area contributed by atoms with Gasteiger partial charge in [0, 0.05) is 39.5 Å². The number of aliphatic hydroxyl groups is 2. The molecule has 55 heavy (non-hydrogen) atoms. The number of fused-ring (bicyclic) bond motifs is 7. The molecule has 7 aliphatic carbocycles. The van der Waals surface area contributed by atoms with Gasteiger partial charge in [0.15, 0.2) is 11.4 Å². The van der Waals surface area contributed by atoms with Crippen molar-refractivity contribution in [3.8, 4) is 0 Å². The Labute approximate surface area is 315 Å². The first-order valence-corrected chi connectivity index (χ1v) is 18.9. The lowest BCUT2D eigenvalue weighted by Crippen LogP contribution is -2.67. The Morgan fingerprint density at radius 1 is 0.927 bits per heavy atom. The van der Waals surface area contributed by atoms with Crippen LogP contribution in [0.3, 0.4) is 0 Å². The molecule has 5 fully saturated rings. The lowest BCUT2D eigenvalue weighted by molar-refractivity contribution is -0.330. The van der Waals surface area contributed by atoms with Crippen LogP contribution >= 0.6 is 0 Å². The molecule has 0 aromatic rings. The quantitative estimate of drug-likeness (QED) is 0.120. The van der Waals surface area contributed by atoms with Crippen LogP contribution in [0.2, 0.25) is 0 Å². The summed E-state index contributed by atoms with van der Waals surface area (Å²) in [4.78, 5) is 86.7. The van der Waals surface area contributed by atoms with Gasteiger partial charge in [-0.3, -0.25) is 19.6 Å². The smallest absolute Gasteiger partial charge is 0.338 e. The molecule has 0 unspecified atom stereocenters. The minimum Gasteiger partial charge on any atom is -0.466 e. The third kappa shape index (κ3) is 4.30. The van der Waals surface area contributed by atoms with Crippen molar-refractivity contribution in [2.45, 2.75) is 89.1 Å². The Balaban J connectivity index is 1.31. The second kappa shape index (κ2) is 11.5. The molecule has 5 saturated carbocycles. The summed E-state index contributed by atoms with van der Waals surface area (Å²) in [6.45, 7) is 5.42. The topological polar surface area (TPSA) is 218 Å². The fourth-order valence-corrected chi connectivity index (χ4v) is 12.8. The Kier molecular flexibility index (Phi) is 7.59. The summed E-state index contributed by atoms with van der Waals surface area (Å²) in [5.41, 5.74) is -6.43. The van der Waals surface area contributed by atoms with Crippen LogP contribution in [-0.4, -0.2) is 101 Å². The minimum absolute atomic E-state index is 0.0115. The van der Waals surface area contributed by atoms with Crippen LogP contribution in [0.15, 0.2) is 45.1 Å². The summed E-state index contributed by atoms with van der Waals surface area (Å²) >= 11 is 0. The summed E-state index contributed by atoms with van der Waals surface area (Å²) in [5.74, 6) is -7.35. The van der Waals surface area contributed by atoms with Crippen molar-refractivity contribution in [3.05, 3.63) is 45.1 Å². The van der Waals surface area contributed by atoms with E-state index in [0.29, 0.717) is 24.0 Å². The summed E-state index contributed by atoms with van der Waals surface area (Å²) in [5, 5.41) is 35.8. The predicted molar refractivity (Wildman–Crippen MR) is 181 cm³/mol. The van der Waals surface area contributed by atoms with Crippen molar-refractivity contribution in [1.82, 2.24) is 0 Å². The Bertz CT molecular complexity index is 2040. The number of ether oxygens (including phenoxy) is 5. The molecule has 0 amide bonds. The predicted octanol–water partition coefficient (Wildman–Crippen LogP) is 1.99. The second-order valence-electron chi connectivity index (χ2n) is 17.4. The van der Waals surface area contributed by atoms with E-state index < -0.39 is 87.8 Å². The van der Waals surface area contributed by atoms with E-state index in [1.807, 2.05) is 6.92 Å². The van der Waals surface area contributed by atoms with Gasteiger partial charge in [-0.25, -0.2) is 19.3 Å². The summed E-state index contributed by atoms with van der Waals surface area (Å²) in [6.07, 6.45) is 0.164. The van der Waals surface area contributed by atoms with E-state index in [-0.39, 0.29) is 90.4 Å². The lowest BCUT2D eigenvalue weighted by atomic mass is 9.43. The summed E-state index contributed by atoms with van der Waals surface area (Å²) in [7, 11) is 1.16. The van der Waals surface area contributed by atoms with Gasteiger partial charge in [0.1, 0.15) is 37.1 Å². The largest absolute Gasteiger partial charge is 0.466 e. The van der Waals surface area contributed by atoms with Gasteiger partial charge in [0.05, 0.1) is 25.5 Å². The van der Waals surface area contributed by atoms with E-state index >= 15 is 0 Å². The molecule has 2 heterocycles. The number of Topliss-reactive ketones (excluding diaryl/α,β-unsaturated/α-hetero) is 1. The van der Waals surface area contributed by atoms with Crippen molar-refractivity contribution in [2.75, 3.05) is 26.9 Å². The first-order chi connectivity index (χ1) is 26.0. The van der Waals surface area contributed by atoms with Crippen molar-refractivity contribution in [3.63, 3.8) is 0 Å². The average molecular weight is 765 g/mol. The molecule has 9 rings (SSSR count). The maximum Gasteiger partial charge on any atom is 0.338 e. The van der Waals surface area contributed by atoms with Gasteiger partial charge in [-0.05, 0) is 85.8 Å². The maximum atomic E-state index is 14.7. The zero-order chi connectivity index (χ0) is 39.4. The van der Waals surface area contributed by atoms with Crippen LogP contribution in [-0.2, 0) is 57.3 Å². The molecule has 2 bridgehead atoms. The molecule has 9 aliphatic rings. The first kappa shape index (κ1) is 36.5. The molecule has 15 nitrogen and oxygen atoms in total. The zero-order valence-electron chi connectivity index (χ0n) is 31.2. The number of hydrogen-bond donors (Lipinski definition) is 3. The fourth-order valence-electron chi connectivity index (χ4n) is 12.8. The van der Waals surface area contributed by atoms with Crippen LogP contribution in [0.25, 0.3) is 0 Å². The number of ketones is 1. The van der Waals surface area contributed by atoms with Gasteiger partial charge < -0.3 is 33.9 Å². The van der Waals surface area contributed by atoms with Gasteiger partial charge in [-0.1, -0.05) is 13.8 Å². The van der Waals surface area contributed by atoms with Crippen molar-refractivity contribution < 1.29 is 72.8 Å². The van der Waals surface area contributed by atoms with Gasteiger partial charge in [-0.2, -0.15) is 0 Å². The van der Waals surface area contributed by atoms with Crippen LogP contribution in [0, 0.1) is 46.3 Å². The van der Waals surface area contributed by atoms with Crippen LogP contribution in [0.4, 0.5) is 0 Å². The van der Waals surface area contributed by atoms with E-state index in [1.54, 1.807) is 6.92 Å². The third-order valence-corrected chi connectivity index (χ3v) is 15.4. The highest BCUT2D eigenvalue weighted by Gasteiger charge is 2.86. The second-order valence-corrected chi connectivity index (χ2v) is 17.4. The molecule has 0 saturated heterocycles. The highest BCUT2D eigenvalue weighted by molar-refractivity contribution is 6.12.